The number of anilines is 1. The van der Waals surface area contributed by atoms with E-state index in [-0.39, 0.29) is 5.75 Å². The Morgan fingerprint density at radius 2 is 2.00 bits per heavy atom. The van der Waals surface area contributed by atoms with Crippen LogP contribution in [0.1, 0.15) is 16.7 Å². The van der Waals surface area contributed by atoms with Crippen molar-refractivity contribution in [3.63, 3.8) is 0 Å². The summed E-state index contributed by atoms with van der Waals surface area (Å²) in [7, 11) is 0. The Morgan fingerprint density at radius 1 is 1.22 bits per heavy atom. The molecular weight excluding hydrogens is 224 g/mol. The molecule has 0 aliphatic carbocycles. The van der Waals surface area contributed by atoms with Gasteiger partial charge in [0.1, 0.15) is 5.75 Å². The Balaban J connectivity index is 2.12. The van der Waals surface area contributed by atoms with E-state index in [1.165, 1.54) is 0 Å². The Hall–Kier alpha value is -2.47. The smallest absolute Gasteiger partial charge is 0.120 e. The SMILES string of the molecule is Cc1ccc(NCc2ccccc2O)cc1C#N. The average Bonchev–Trinajstić information content (AvgIpc) is 2.39. The first kappa shape index (κ1) is 12.0. The lowest BCUT2D eigenvalue weighted by molar-refractivity contribution is 0.469. The molecule has 3 nitrogen and oxygen atoms in total. The molecule has 0 heterocycles. The molecule has 0 spiro atoms. The second-order valence-electron chi connectivity index (χ2n) is 4.12. The quantitative estimate of drug-likeness (QED) is 0.863. The minimum atomic E-state index is 0.276. The molecule has 0 radical (unpaired) electrons. The van der Waals surface area contributed by atoms with Crippen LogP contribution < -0.4 is 5.32 Å². The van der Waals surface area contributed by atoms with Crippen LogP contribution in [0, 0.1) is 18.3 Å². The van der Waals surface area contributed by atoms with Crippen LogP contribution in [0.25, 0.3) is 0 Å². The number of nitrogens with one attached hydrogen (secondary N) is 1. The Labute approximate surface area is 106 Å². The standard InChI is InChI=1S/C15H14N2O/c1-11-6-7-14(8-13(11)9-16)17-10-12-4-2-3-5-15(12)18/h2-8,17-18H,10H2,1H3. The second kappa shape index (κ2) is 5.24. The van der Waals surface area contributed by atoms with Gasteiger partial charge < -0.3 is 10.4 Å². The number of benzene rings is 2. The van der Waals surface area contributed by atoms with Gasteiger partial charge in [-0.05, 0) is 30.7 Å². The minimum absolute atomic E-state index is 0.276. The fourth-order valence-electron chi connectivity index (χ4n) is 1.71. The van der Waals surface area contributed by atoms with Crippen LogP contribution >= 0.6 is 0 Å². The van der Waals surface area contributed by atoms with Gasteiger partial charge in [0, 0.05) is 17.8 Å². The molecule has 18 heavy (non-hydrogen) atoms. The summed E-state index contributed by atoms with van der Waals surface area (Å²) in [4.78, 5) is 0. The Bertz CT molecular complexity index is 600. The molecule has 0 aliphatic rings. The van der Waals surface area contributed by atoms with E-state index in [1.54, 1.807) is 12.1 Å². The van der Waals surface area contributed by atoms with Crippen LogP contribution in [-0.4, -0.2) is 5.11 Å². The fraction of sp³-hybridized carbons (Fsp3) is 0.133. The number of aromatic hydroxyl groups is 1. The zero-order valence-corrected chi connectivity index (χ0v) is 10.1. The number of hydrogen-bond donors (Lipinski definition) is 2. The van der Waals surface area contributed by atoms with Crippen molar-refractivity contribution in [1.29, 1.82) is 5.26 Å². The maximum absolute atomic E-state index is 9.64. The van der Waals surface area contributed by atoms with Crippen molar-refractivity contribution < 1.29 is 5.11 Å². The molecule has 2 aromatic carbocycles. The lowest BCUT2D eigenvalue weighted by atomic mass is 10.1. The second-order valence-corrected chi connectivity index (χ2v) is 4.12. The number of aryl methyl sites for hydroxylation is 1. The lowest BCUT2D eigenvalue weighted by Crippen LogP contribution is -2.00. The highest BCUT2D eigenvalue weighted by Gasteiger charge is 2.01. The summed E-state index contributed by atoms with van der Waals surface area (Å²) in [6, 6.07) is 15.0. The van der Waals surface area contributed by atoms with Crippen LogP contribution in [0.4, 0.5) is 5.69 Å². The molecule has 2 N–H and O–H groups in total. The van der Waals surface area contributed by atoms with Gasteiger partial charge in [-0.25, -0.2) is 0 Å². The third-order valence-corrected chi connectivity index (χ3v) is 2.83. The van der Waals surface area contributed by atoms with Gasteiger partial charge in [-0.15, -0.1) is 0 Å². The zero-order valence-electron chi connectivity index (χ0n) is 10.1. The number of rotatable bonds is 3. The van der Waals surface area contributed by atoms with Crippen LogP contribution in [-0.2, 0) is 6.54 Å². The van der Waals surface area contributed by atoms with E-state index in [9.17, 15) is 5.11 Å². The molecule has 0 bridgehead atoms. The maximum atomic E-state index is 9.64. The van der Waals surface area contributed by atoms with Crippen molar-refractivity contribution in [2.45, 2.75) is 13.5 Å². The van der Waals surface area contributed by atoms with E-state index in [2.05, 4.69) is 11.4 Å². The molecule has 0 saturated heterocycles. The molecule has 0 amide bonds. The Morgan fingerprint density at radius 3 is 2.72 bits per heavy atom. The third kappa shape index (κ3) is 2.61. The van der Waals surface area contributed by atoms with Crippen LogP contribution in [0.5, 0.6) is 5.75 Å². The van der Waals surface area contributed by atoms with Crippen molar-refractivity contribution in [3.8, 4) is 11.8 Å². The summed E-state index contributed by atoms with van der Waals surface area (Å²) in [5.74, 6) is 0.276. The minimum Gasteiger partial charge on any atom is -0.508 e. The number of nitrogens with zero attached hydrogens (tertiary/aromatic N) is 1. The molecule has 0 unspecified atom stereocenters. The number of hydrogen-bond acceptors (Lipinski definition) is 3. The van der Waals surface area contributed by atoms with Crippen molar-refractivity contribution in [2.24, 2.45) is 0 Å². The normalized spacial score (nSPS) is 9.78. The highest BCUT2D eigenvalue weighted by atomic mass is 16.3. The molecule has 0 atom stereocenters. The molecule has 2 rings (SSSR count). The molecule has 2 aromatic rings. The van der Waals surface area contributed by atoms with E-state index in [0.29, 0.717) is 12.1 Å². The number of phenolic OH excluding ortho intramolecular Hbond substituents is 1. The summed E-state index contributed by atoms with van der Waals surface area (Å²) in [6.45, 7) is 2.44. The molecule has 0 saturated carbocycles. The van der Waals surface area contributed by atoms with Crippen molar-refractivity contribution in [2.75, 3.05) is 5.32 Å². The molecule has 0 fully saturated rings. The molecular formula is C15H14N2O. The van der Waals surface area contributed by atoms with Crippen molar-refractivity contribution in [3.05, 3.63) is 59.2 Å². The maximum Gasteiger partial charge on any atom is 0.120 e. The van der Waals surface area contributed by atoms with Gasteiger partial charge in [-0.2, -0.15) is 5.26 Å². The van der Waals surface area contributed by atoms with Crippen LogP contribution in [0.3, 0.4) is 0 Å². The first-order chi connectivity index (χ1) is 8.70. The first-order valence-corrected chi connectivity index (χ1v) is 5.72. The van der Waals surface area contributed by atoms with E-state index in [4.69, 9.17) is 5.26 Å². The van der Waals surface area contributed by atoms with Gasteiger partial charge in [0.2, 0.25) is 0 Å². The number of nitriles is 1. The topological polar surface area (TPSA) is 56.0 Å². The molecule has 0 aliphatic heterocycles. The largest absolute Gasteiger partial charge is 0.508 e. The van der Waals surface area contributed by atoms with Gasteiger partial charge in [0.25, 0.3) is 0 Å². The summed E-state index contributed by atoms with van der Waals surface area (Å²) in [5.41, 5.74) is 3.33. The number of para-hydroxylation sites is 1. The molecule has 90 valence electrons. The number of phenols is 1. The van der Waals surface area contributed by atoms with Gasteiger partial charge in [-0.3, -0.25) is 0 Å². The fourth-order valence-corrected chi connectivity index (χ4v) is 1.71. The summed E-state index contributed by atoms with van der Waals surface area (Å²) in [5, 5.41) is 21.8. The summed E-state index contributed by atoms with van der Waals surface area (Å²) < 4.78 is 0. The first-order valence-electron chi connectivity index (χ1n) is 5.72. The van der Waals surface area contributed by atoms with Crippen LogP contribution in [0.15, 0.2) is 42.5 Å². The van der Waals surface area contributed by atoms with Crippen molar-refractivity contribution >= 4 is 5.69 Å². The molecule has 3 heteroatoms. The summed E-state index contributed by atoms with van der Waals surface area (Å²) >= 11 is 0. The predicted octanol–water partition coefficient (Wildman–Crippen LogP) is 3.18. The van der Waals surface area contributed by atoms with Crippen molar-refractivity contribution in [1.82, 2.24) is 0 Å². The summed E-state index contributed by atoms with van der Waals surface area (Å²) in [6.07, 6.45) is 0. The predicted molar refractivity (Wildman–Crippen MR) is 71.3 cm³/mol. The van der Waals surface area contributed by atoms with E-state index < -0.39 is 0 Å². The van der Waals surface area contributed by atoms with Gasteiger partial charge in [0.05, 0.1) is 11.6 Å². The molecule has 0 aromatic heterocycles. The van der Waals surface area contributed by atoms with Gasteiger partial charge >= 0.3 is 0 Å². The Kier molecular flexibility index (Phi) is 3.49. The van der Waals surface area contributed by atoms with E-state index >= 15 is 0 Å². The average molecular weight is 238 g/mol. The van der Waals surface area contributed by atoms with E-state index in [0.717, 1.165) is 16.8 Å². The van der Waals surface area contributed by atoms with Crippen LogP contribution in [0.2, 0.25) is 0 Å². The van der Waals surface area contributed by atoms with E-state index in [1.807, 2.05) is 37.3 Å². The van der Waals surface area contributed by atoms with Gasteiger partial charge in [-0.1, -0.05) is 24.3 Å². The zero-order chi connectivity index (χ0) is 13.0. The lowest BCUT2D eigenvalue weighted by Gasteiger charge is -2.09. The highest BCUT2D eigenvalue weighted by Crippen LogP contribution is 2.19. The third-order valence-electron chi connectivity index (χ3n) is 2.83. The monoisotopic (exact) mass is 238 g/mol. The highest BCUT2D eigenvalue weighted by molar-refractivity contribution is 5.53. The van der Waals surface area contributed by atoms with Gasteiger partial charge in [0.15, 0.2) is 0 Å².